The number of rotatable bonds is 2. The predicted molar refractivity (Wildman–Crippen MR) is 55.1 cm³/mol. The summed E-state index contributed by atoms with van der Waals surface area (Å²) in [5.41, 5.74) is -2.58. The molecule has 4 rings (SSSR count). The van der Waals surface area contributed by atoms with Gasteiger partial charge >= 0.3 is 6.18 Å². The Kier molecular flexibility index (Phi) is 2.15. The average molecular weight is 262 g/mol. The fourth-order valence-electron chi connectivity index (χ4n) is 3.06. The van der Waals surface area contributed by atoms with Crippen molar-refractivity contribution < 1.29 is 22.0 Å². The molecule has 0 aromatic heterocycles. The average Bonchev–Trinajstić information content (AvgIpc) is 2.11. The molecule has 0 N–H and O–H groups in total. The SMILES string of the molecule is FC(F)(F)c1cccc(C(F)(F)C23CC(C2)C3)c1. The number of hydrogen-bond donors (Lipinski definition) is 0. The van der Waals surface area contributed by atoms with E-state index >= 15 is 0 Å². The molecule has 18 heavy (non-hydrogen) atoms. The highest BCUT2D eigenvalue weighted by Gasteiger charge is 2.69. The molecule has 0 saturated heterocycles. The van der Waals surface area contributed by atoms with Gasteiger partial charge in [0, 0.05) is 11.0 Å². The first-order chi connectivity index (χ1) is 8.25. The van der Waals surface area contributed by atoms with Gasteiger partial charge in [-0.1, -0.05) is 12.1 Å². The molecule has 0 spiro atoms. The zero-order valence-corrected chi connectivity index (χ0v) is 9.40. The molecule has 0 atom stereocenters. The molecule has 0 aliphatic heterocycles. The number of benzene rings is 1. The molecule has 0 heterocycles. The maximum absolute atomic E-state index is 14.2. The van der Waals surface area contributed by atoms with E-state index in [0.29, 0.717) is 31.2 Å². The van der Waals surface area contributed by atoms with E-state index in [-0.39, 0.29) is 0 Å². The fraction of sp³-hybridized carbons (Fsp3) is 0.538. The molecule has 0 unspecified atom stereocenters. The second kappa shape index (κ2) is 3.25. The van der Waals surface area contributed by atoms with Gasteiger partial charge in [0.15, 0.2) is 0 Å². The Morgan fingerprint density at radius 1 is 0.944 bits per heavy atom. The summed E-state index contributed by atoms with van der Waals surface area (Å²) in [6, 6.07) is 3.55. The molecule has 0 amide bonds. The molecule has 0 nitrogen and oxygen atoms in total. The number of alkyl halides is 5. The first kappa shape index (κ1) is 11.9. The molecule has 3 aliphatic carbocycles. The van der Waals surface area contributed by atoms with Crippen LogP contribution in [0.1, 0.15) is 30.4 Å². The van der Waals surface area contributed by atoms with Gasteiger partial charge in [-0.25, -0.2) is 8.78 Å². The van der Waals surface area contributed by atoms with Crippen molar-refractivity contribution in [1.29, 1.82) is 0 Å². The topological polar surface area (TPSA) is 0 Å². The van der Waals surface area contributed by atoms with Crippen LogP contribution in [0.5, 0.6) is 0 Å². The molecule has 3 saturated carbocycles. The van der Waals surface area contributed by atoms with Crippen molar-refractivity contribution in [2.24, 2.45) is 11.3 Å². The van der Waals surface area contributed by atoms with Crippen molar-refractivity contribution in [3.8, 4) is 0 Å². The van der Waals surface area contributed by atoms with Crippen LogP contribution in [0.2, 0.25) is 0 Å². The second-order valence-electron chi connectivity index (χ2n) is 5.41. The van der Waals surface area contributed by atoms with Crippen LogP contribution in [0.25, 0.3) is 0 Å². The van der Waals surface area contributed by atoms with Gasteiger partial charge in [0.05, 0.1) is 5.56 Å². The second-order valence-corrected chi connectivity index (χ2v) is 5.41. The Balaban J connectivity index is 1.96. The van der Waals surface area contributed by atoms with Crippen molar-refractivity contribution in [2.75, 3.05) is 0 Å². The fourth-order valence-corrected chi connectivity index (χ4v) is 3.06. The Labute approximate surface area is 101 Å². The Bertz CT molecular complexity index is 471. The van der Waals surface area contributed by atoms with E-state index in [0.717, 1.165) is 18.2 Å². The maximum Gasteiger partial charge on any atom is 0.416 e. The van der Waals surface area contributed by atoms with Crippen molar-refractivity contribution >= 4 is 0 Å². The molecule has 1 aromatic carbocycles. The predicted octanol–water partition coefficient (Wildman–Crippen LogP) is 4.60. The minimum atomic E-state index is -4.58. The summed E-state index contributed by atoms with van der Waals surface area (Å²) in [4.78, 5) is 0. The van der Waals surface area contributed by atoms with Gasteiger partial charge in [0.2, 0.25) is 0 Å². The van der Waals surface area contributed by atoms with Gasteiger partial charge in [-0.15, -0.1) is 0 Å². The summed E-state index contributed by atoms with van der Waals surface area (Å²) < 4.78 is 66.0. The van der Waals surface area contributed by atoms with Crippen molar-refractivity contribution in [2.45, 2.75) is 31.4 Å². The van der Waals surface area contributed by atoms with Crippen molar-refractivity contribution in [3.63, 3.8) is 0 Å². The Hall–Kier alpha value is -1.13. The number of hydrogen-bond acceptors (Lipinski definition) is 0. The number of halogens is 5. The zero-order chi connectivity index (χ0) is 13.2. The van der Waals surface area contributed by atoms with Crippen LogP contribution in [0, 0.1) is 11.3 Å². The monoisotopic (exact) mass is 262 g/mol. The van der Waals surface area contributed by atoms with Gasteiger partial charge in [-0.05, 0) is 37.3 Å². The van der Waals surface area contributed by atoms with E-state index in [1.165, 1.54) is 0 Å². The first-order valence-electron chi connectivity index (χ1n) is 5.80. The maximum atomic E-state index is 14.2. The van der Waals surface area contributed by atoms with E-state index < -0.39 is 28.6 Å². The van der Waals surface area contributed by atoms with Crippen LogP contribution in [-0.4, -0.2) is 0 Å². The lowest BCUT2D eigenvalue weighted by Crippen LogP contribution is -2.60. The summed E-state index contributed by atoms with van der Waals surface area (Å²) in [5, 5.41) is 0. The first-order valence-corrected chi connectivity index (χ1v) is 5.80. The van der Waals surface area contributed by atoms with Crippen LogP contribution in [-0.2, 0) is 12.1 Å². The summed E-state index contributed by atoms with van der Waals surface area (Å²) in [6.07, 6.45) is -3.26. The molecule has 0 radical (unpaired) electrons. The van der Waals surface area contributed by atoms with Crippen LogP contribution in [0.4, 0.5) is 22.0 Å². The van der Waals surface area contributed by atoms with Crippen LogP contribution < -0.4 is 0 Å². The molecule has 5 heteroatoms. The van der Waals surface area contributed by atoms with Crippen molar-refractivity contribution in [1.82, 2.24) is 0 Å². The van der Waals surface area contributed by atoms with E-state index in [2.05, 4.69) is 0 Å². The molecule has 1 aromatic rings. The van der Waals surface area contributed by atoms with Crippen molar-refractivity contribution in [3.05, 3.63) is 35.4 Å². The minimum absolute atomic E-state index is 0.363. The third-order valence-corrected chi connectivity index (χ3v) is 4.26. The summed E-state index contributed by atoms with van der Waals surface area (Å²) in [6.45, 7) is 0. The molecule has 2 bridgehead atoms. The van der Waals surface area contributed by atoms with Gasteiger partial charge in [0.25, 0.3) is 5.92 Å². The standard InChI is InChI=1S/C13H11F5/c14-12(15,11-5-8(6-11)7-11)9-2-1-3-10(4-9)13(16,17)18/h1-4,8H,5-7H2. The normalized spacial score (nSPS) is 30.6. The summed E-state index contributed by atoms with van der Waals surface area (Å²) >= 11 is 0. The zero-order valence-electron chi connectivity index (χ0n) is 9.40. The Morgan fingerprint density at radius 3 is 1.94 bits per heavy atom. The van der Waals surface area contributed by atoms with E-state index in [1.807, 2.05) is 0 Å². The van der Waals surface area contributed by atoms with Gasteiger partial charge in [0.1, 0.15) is 0 Å². The highest BCUT2D eigenvalue weighted by Crippen LogP contribution is 2.73. The minimum Gasteiger partial charge on any atom is -0.201 e. The van der Waals surface area contributed by atoms with Gasteiger partial charge in [-0.3, -0.25) is 0 Å². The highest BCUT2D eigenvalue weighted by molar-refractivity contribution is 5.33. The quantitative estimate of drug-likeness (QED) is 0.683. The van der Waals surface area contributed by atoms with Gasteiger partial charge in [-0.2, -0.15) is 13.2 Å². The Morgan fingerprint density at radius 2 is 1.50 bits per heavy atom. The molecule has 3 fully saturated rings. The highest BCUT2D eigenvalue weighted by atomic mass is 19.4. The molecular formula is C13H11F5. The molecule has 3 aliphatic rings. The largest absolute Gasteiger partial charge is 0.416 e. The lowest BCUT2D eigenvalue weighted by atomic mass is 9.41. The lowest BCUT2D eigenvalue weighted by Gasteiger charge is -2.64. The third kappa shape index (κ3) is 1.42. The summed E-state index contributed by atoms with van der Waals surface area (Å²) in [5.74, 6) is -2.79. The molecular weight excluding hydrogens is 251 g/mol. The van der Waals surface area contributed by atoms with Crippen LogP contribution in [0.3, 0.4) is 0 Å². The van der Waals surface area contributed by atoms with Crippen LogP contribution >= 0.6 is 0 Å². The smallest absolute Gasteiger partial charge is 0.201 e. The third-order valence-electron chi connectivity index (χ3n) is 4.26. The summed E-state index contributed by atoms with van der Waals surface area (Å²) in [7, 11) is 0. The van der Waals surface area contributed by atoms with Gasteiger partial charge < -0.3 is 0 Å². The molecule has 98 valence electrons. The van der Waals surface area contributed by atoms with E-state index in [4.69, 9.17) is 0 Å². The lowest BCUT2D eigenvalue weighted by molar-refractivity contribution is -0.271. The van der Waals surface area contributed by atoms with E-state index in [1.54, 1.807) is 0 Å². The van der Waals surface area contributed by atoms with Crippen LogP contribution in [0.15, 0.2) is 24.3 Å². The van der Waals surface area contributed by atoms with E-state index in [9.17, 15) is 22.0 Å².